The minimum Gasteiger partial charge on any atom is -0.304 e. The lowest BCUT2D eigenvalue weighted by Crippen LogP contribution is -2.22. The molecule has 0 aromatic carbocycles. The van der Waals surface area contributed by atoms with Crippen molar-refractivity contribution in [2.24, 2.45) is 7.05 Å². The van der Waals surface area contributed by atoms with Gasteiger partial charge in [-0.15, -0.1) is 11.3 Å². The molecule has 2 aromatic rings. The normalized spacial score (nSPS) is 12.9. The quantitative estimate of drug-likeness (QED) is 0.881. The summed E-state index contributed by atoms with van der Waals surface area (Å²) in [7, 11) is 1.94. The van der Waals surface area contributed by atoms with E-state index in [1.807, 2.05) is 36.4 Å². The van der Waals surface area contributed by atoms with E-state index >= 15 is 0 Å². The molecule has 1 N–H and O–H groups in total. The van der Waals surface area contributed by atoms with E-state index < -0.39 is 0 Å². The van der Waals surface area contributed by atoms with Crippen molar-refractivity contribution in [1.29, 1.82) is 0 Å². The zero-order chi connectivity index (χ0) is 11.5. The van der Waals surface area contributed by atoms with Crippen molar-refractivity contribution in [1.82, 2.24) is 20.1 Å². The number of aromatic nitrogens is 3. The molecule has 2 aromatic heterocycles. The summed E-state index contributed by atoms with van der Waals surface area (Å²) in [4.78, 5) is 5.55. The zero-order valence-corrected chi connectivity index (χ0v) is 10.6. The fraction of sp³-hybridized carbons (Fsp3) is 0.455. The number of hydrogen-bond donors (Lipinski definition) is 1. The van der Waals surface area contributed by atoms with Gasteiger partial charge in [-0.25, -0.2) is 4.98 Å². The topological polar surface area (TPSA) is 42.7 Å². The molecule has 4 nitrogen and oxygen atoms in total. The Morgan fingerprint density at radius 2 is 2.38 bits per heavy atom. The summed E-state index contributed by atoms with van der Waals surface area (Å²) in [5, 5.41) is 7.91. The molecule has 0 radical (unpaired) electrons. The Bertz CT molecular complexity index is 460. The van der Waals surface area contributed by atoms with Gasteiger partial charge in [0.2, 0.25) is 0 Å². The van der Waals surface area contributed by atoms with E-state index in [2.05, 4.69) is 22.3 Å². The maximum atomic E-state index is 4.46. The van der Waals surface area contributed by atoms with Crippen LogP contribution >= 0.6 is 11.3 Å². The van der Waals surface area contributed by atoms with Crippen LogP contribution in [-0.4, -0.2) is 21.3 Å². The van der Waals surface area contributed by atoms with Gasteiger partial charge in [-0.05, 0) is 19.5 Å². The van der Waals surface area contributed by atoms with Gasteiger partial charge in [0.1, 0.15) is 0 Å². The van der Waals surface area contributed by atoms with Crippen molar-refractivity contribution in [2.45, 2.75) is 19.9 Å². The lowest BCUT2D eigenvalue weighted by atomic mass is 10.1. The van der Waals surface area contributed by atoms with Crippen LogP contribution in [0.1, 0.15) is 29.2 Å². The standard InChI is InChI=1S/C11H16N4S/c1-4-12-10(9-5-6-15(3)14-9)11-8(2)13-7-16-11/h5-7,10,12H,4H2,1-3H3. The molecule has 5 heteroatoms. The van der Waals surface area contributed by atoms with E-state index in [1.54, 1.807) is 11.3 Å². The van der Waals surface area contributed by atoms with E-state index in [4.69, 9.17) is 0 Å². The highest BCUT2D eigenvalue weighted by molar-refractivity contribution is 7.09. The molecular formula is C11H16N4S. The SMILES string of the molecule is CCNC(c1ccn(C)n1)c1scnc1C. The molecule has 0 aliphatic heterocycles. The molecule has 0 amide bonds. The van der Waals surface area contributed by atoms with E-state index in [0.717, 1.165) is 17.9 Å². The first-order valence-corrected chi connectivity index (χ1v) is 6.23. The molecule has 1 unspecified atom stereocenters. The van der Waals surface area contributed by atoms with Gasteiger partial charge in [0.05, 0.1) is 27.8 Å². The molecule has 2 rings (SSSR count). The van der Waals surface area contributed by atoms with Crippen molar-refractivity contribution in [3.05, 3.63) is 34.0 Å². The molecule has 0 bridgehead atoms. The molecule has 1 atom stereocenters. The monoisotopic (exact) mass is 236 g/mol. The third-order valence-electron chi connectivity index (χ3n) is 2.48. The number of nitrogens with zero attached hydrogens (tertiary/aromatic N) is 3. The number of aryl methyl sites for hydroxylation is 2. The van der Waals surface area contributed by atoms with Crippen LogP contribution in [0.3, 0.4) is 0 Å². The van der Waals surface area contributed by atoms with Crippen molar-refractivity contribution < 1.29 is 0 Å². The molecule has 86 valence electrons. The second kappa shape index (κ2) is 4.76. The largest absolute Gasteiger partial charge is 0.304 e. The Morgan fingerprint density at radius 3 is 2.88 bits per heavy atom. The van der Waals surface area contributed by atoms with Gasteiger partial charge >= 0.3 is 0 Å². The Balaban J connectivity index is 2.34. The van der Waals surface area contributed by atoms with Crippen LogP contribution in [-0.2, 0) is 7.05 Å². The van der Waals surface area contributed by atoms with Crippen LogP contribution in [0.15, 0.2) is 17.8 Å². The van der Waals surface area contributed by atoms with Crippen LogP contribution in [0.2, 0.25) is 0 Å². The third kappa shape index (κ3) is 2.15. The summed E-state index contributed by atoms with van der Waals surface area (Å²) in [6.45, 7) is 5.06. The smallest absolute Gasteiger partial charge is 0.0882 e. The van der Waals surface area contributed by atoms with E-state index in [9.17, 15) is 0 Å². The highest BCUT2D eigenvalue weighted by atomic mass is 32.1. The van der Waals surface area contributed by atoms with Gasteiger partial charge in [0, 0.05) is 13.2 Å². The number of rotatable bonds is 4. The number of thiazole rings is 1. The predicted octanol–water partition coefficient (Wildman–Crippen LogP) is 1.88. The maximum Gasteiger partial charge on any atom is 0.0882 e. The van der Waals surface area contributed by atoms with Crippen LogP contribution in [0.25, 0.3) is 0 Å². The van der Waals surface area contributed by atoms with Gasteiger partial charge in [-0.3, -0.25) is 4.68 Å². The molecule has 0 fully saturated rings. The Labute approximate surface area is 99.3 Å². The lowest BCUT2D eigenvalue weighted by molar-refractivity contribution is 0.604. The molecule has 2 heterocycles. The first-order valence-electron chi connectivity index (χ1n) is 5.35. The molecule has 0 saturated heterocycles. The summed E-state index contributed by atoms with van der Waals surface area (Å²) in [6, 6.07) is 2.21. The zero-order valence-electron chi connectivity index (χ0n) is 9.77. The Kier molecular flexibility index (Phi) is 3.36. The minimum absolute atomic E-state index is 0.165. The average Bonchev–Trinajstić information content (AvgIpc) is 2.84. The predicted molar refractivity (Wildman–Crippen MR) is 65.6 cm³/mol. The van der Waals surface area contributed by atoms with Crippen molar-refractivity contribution in [3.63, 3.8) is 0 Å². The Morgan fingerprint density at radius 1 is 1.56 bits per heavy atom. The van der Waals surface area contributed by atoms with Gasteiger partial charge in [-0.2, -0.15) is 5.10 Å². The van der Waals surface area contributed by atoms with Gasteiger partial charge < -0.3 is 5.32 Å². The van der Waals surface area contributed by atoms with Gasteiger partial charge in [0.25, 0.3) is 0 Å². The molecule has 0 spiro atoms. The van der Waals surface area contributed by atoms with E-state index in [0.29, 0.717) is 0 Å². The second-order valence-electron chi connectivity index (χ2n) is 3.71. The van der Waals surface area contributed by atoms with Crippen molar-refractivity contribution in [3.8, 4) is 0 Å². The molecule has 16 heavy (non-hydrogen) atoms. The summed E-state index contributed by atoms with van der Waals surface area (Å²) >= 11 is 1.68. The van der Waals surface area contributed by atoms with E-state index in [-0.39, 0.29) is 6.04 Å². The van der Waals surface area contributed by atoms with Crippen molar-refractivity contribution in [2.75, 3.05) is 6.54 Å². The molecule has 0 aliphatic carbocycles. The second-order valence-corrected chi connectivity index (χ2v) is 4.59. The Hall–Kier alpha value is -1.20. The lowest BCUT2D eigenvalue weighted by Gasteiger charge is -2.14. The third-order valence-corrected chi connectivity index (χ3v) is 3.48. The minimum atomic E-state index is 0.165. The molecule has 0 saturated carbocycles. The summed E-state index contributed by atoms with van der Waals surface area (Å²) in [6.07, 6.45) is 1.97. The fourth-order valence-electron chi connectivity index (χ4n) is 1.71. The molecule has 0 aliphatic rings. The summed E-state index contributed by atoms with van der Waals surface area (Å²) < 4.78 is 1.83. The summed E-state index contributed by atoms with van der Waals surface area (Å²) in [5.41, 5.74) is 4.02. The van der Waals surface area contributed by atoms with Crippen LogP contribution in [0, 0.1) is 6.92 Å². The average molecular weight is 236 g/mol. The van der Waals surface area contributed by atoms with Crippen LogP contribution < -0.4 is 5.32 Å². The number of hydrogen-bond acceptors (Lipinski definition) is 4. The van der Waals surface area contributed by atoms with Gasteiger partial charge in [0.15, 0.2) is 0 Å². The van der Waals surface area contributed by atoms with Crippen LogP contribution in [0.4, 0.5) is 0 Å². The first kappa shape index (κ1) is 11.3. The fourth-order valence-corrected chi connectivity index (χ4v) is 2.60. The highest BCUT2D eigenvalue weighted by Gasteiger charge is 2.19. The summed E-state index contributed by atoms with van der Waals surface area (Å²) in [5.74, 6) is 0. The van der Waals surface area contributed by atoms with Gasteiger partial charge in [-0.1, -0.05) is 6.92 Å². The number of nitrogens with one attached hydrogen (secondary N) is 1. The molecular weight excluding hydrogens is 220 g/mol. The van der Waals surface area contributed by atoms with Crippen molar-refractivity contribution >= 4 is 11.3 Å². The first-order chi connectivity index (χ1) is 7.72. The highest BCUT2D eigenvalue weighted by Crippen LogP contribution is 2.26. The van der Waals surface area contributed by atoms with Crippen LogP contribution in [0.5, 0.6) is 0 Å². The maximum absolute atomic E-state index is 4.46. The van der Waals surface area contributed by atoms with E-state index in [1.165, 1.54) is 4.88 Å².